The minimum Gasteiger partial charge on any atom is -0.361 e. The van der Waals surface area contributed by atoms with Crippen LogP contribution in [0.15, 0.2) is 16.8 Å². The highest BCUT2D eigenvalue weighted by Crippen LogP contribution is 2.38. The number of hydrogen-bond donors (Lipinski definition) is 0. The fraction of sp³-hybridized carbons (Fsp3) is 0.727. The summed E-state index contributed by atoms with van der Waals surface area (Å²) >= 11 is 0. The smallest absolute Gasteiger partial charge is 0.140 e. The highest BCUT2D eigenvalue weighted by atomic mass is 16.5. The minimum atomic E-state index is 0.259. The molecule has 1 unspecified atom stereocenters. The fourth-order valence-corrected chi connectivity index (χ4v) is 1.70. The third kappa shape index (κ3) is 2.58. The molecule has 1 aromatic heterocycles. The molecule has 0 fully saturated rings. The maximum atomic E-state index is 5.22. The summed E-state index contributed by atoms with van der Waals surface area (Å²) in [7, 11) is 0. The van der Waals surface area contributed by atoms with Crippen molar-refractivity contribution in [3.63, 3.8) is 0 Å². The lowest BCUT2D eigenvalue weighted by Gasteiger charge is -2.28. The van der Waals surface area contributed by atoms with Gasteiger partial charge in [0.15, 0.2) is 0 Å². The fourth-order valence-electron chi connectivity index (χ4n) is 1.70. The molecule has 0 saturated heterocycles. The number of aromatic nitrogens is 1. The van der Waals surface area contributed by atoms with Crippen molar-refractivity contribution in [3.05, 3.63) is 18.0 Å². The van der Waals surface area contributed by atoms with Crippen LogP contribution in [0, 0.1) is 5.41 Å². The molecule has 0 amide bonds. The molecule has 0 aliphatic heterocycles. The molecule has 0 spiro atoms. The first-order chi connectivity index (χ1) is 6.05. The largest absolute Gasteiger partial charge is 0.361 e. The molecule has 0 aromatic carbocycles. The van der Waals surface area contributed by atoms with Crippen molar-refractivity contribution in [2.75, 3.05) is 0 Å². The van der Waals surface area contributed by atoms with Crippen molar-refractivity contribution in [1.82, 2.24) is 5.16 Å². The molecule has 1 heterocycles. The van der Waals surface area contributed by atoms with Crippen LogP contribution in [0.3, 0.4) is 0 Å². The van der Waals surface area contributed by atoms with Crippen LogP contribution >= 0.6 is 0 Å². The monoisotopic (exact) mass is 181 g/mol. The highest BCUT2D eigenvalue weighted by molar-refractivity contribution is 5.05. The van der Waals surface area contributed by atoms with Crippen LogP contribution in [0.25, 0.3) is 0 Å². The zero-order chi connectivity index (χ0) is 9.90. The molecule has 2 heteroatoms. The van der Waals surface area contributed by atoms with E-state index in [1.807, 2.05) is 6.07 Å². The topological polar surface area (TPSA) is 26.0 Å². The van der Waals surface area contributed by atoms with Gasteiger partial charge in [-0.1, -0.05) is 39.3 Å². The standard InChI is InChI=1S/C11H19NO/c1-5-6-9(11(2,3)4)10-7-8-12-13-10/h7-9H,5-6H2,1-4H3. The van der Waals surface area contributed by atoms with E-state index in [1.165, 1.54) is 12.8 Å². The average molecular weight is 181 g/mol. The summed E-state index contributed by atoms with van der Waals surface area (Å²) in [4.78, 5) is 0. The lowest BCUT2D eigenvalue weighted by Crippen LogP contribution is -2.17. The van der Waals surface area contributed by atoms with Gasteiger partial charge in [-0.25, -0.2) is 0 Å². The van der Waals surface area contributed by atoms with Crippen LogP contribution < -0.4 is 0 Å². The lowest BCUT2D eigenvalue weighted by atomic mass is 9.77. The molecule has 13 heavy (non-hydrogen) atoms. The molecule has 2 nitrogen and oxygen atoms in total. The zero-order valence-electron chi connectivity index (χ0n) is 9.00. The lowest BCUT2D eigenvalue weighted by molar-refractivity contribution is 0.243. The molecule has 0 saturated carbocycles. The van der Waals surface area contributed by atoms with E-state index < -0.39 is 0 Å². The van der Waals surface area contributed by atoms with E-state index in [0.717, 1.165) is 5.76 Å². The Morgan fingerprint density at radius 1 is 1.46 bits per heavy atom. The Kier molecular flexibility index (Phi) is 3.12. The maximum Gasteiger partial charge on any atom is 0.140 e. The summed E-state index contributed by atoms with van der Waals surface area (Å²) in [6, 6.07) is 1.98. The second-order valence-electron chi connectivity index (χ2n) is 4.62. The summed E-state index contributed by atoms with van der Waals surface area (Å²) in [5.74, 6) is 1.51. The molecule has 1 atom stereocenters. The molecule has 0 bridgehead atoms. The van der Waals surface area contributed by atoms with E-state index in [-0.39, 0.29) is 5.41 Å². The second-order valence-corrected chi connectivity index (χ2v) is 4.62. The van der Waals surface area contributed by atoms with Gasteiger partial charge in [0, 0.05) is 12.0 Å². The first-order valence-electron chi connectivity index (χ1n) is 4.96. The Morgan fingerprint density at radius 2 is 2.15 bits per heavy atom. The van der Waals surface area contributed by atoms with Crippen LogP contribution in [0.2, 0.25) is 0 Å². The molecular formula is C11H19NO. The van der Waals surface area contributed by atoms with Crippen LogP contribution in [-0.2, 0) is 0 Å². The van der Waals surface area contributed by atoms with Gasteiger partial charge < -0.3 is 4.52 Å². The molecule has 74 valence electrons. The summed E-state index contributed by atoms with van der Waals surface area (Å²) in [6.45, 7) is 8.94. The Balaban J connectivity index is 2.81. The van der Waals surface area contributed by atoms with Crippen molar-refractivity contribution >= 4 is 0 Å². The Morgan fingerprint density at radius 3 is 2.54 bits per heavy atom. The Labute approximate surface area is 80.3 Å². The average Bonchev–Trinajstić information content (AvgIpc) is 2.49. The third-order valence-electron chi connectivity index (χ3n) is 2.42. The summed E-state index contributed by atoms with van der Waals surface area (Å²) in [5.41, 5.74) is 0.259. The van der Waals surface area contributed by atoms with E-state index in [9.17, 15) is 0 Å². The quantitative estimate of drug-likeness (QED) is 0.712. The molecule has 1 aromatic rings. The number of hydrogen-bond acceptors (Lipinski definition) is 2. The second kappa shape index (κ2) is 3.95. The van der Waals surface area contributed by atoms with Crippen molar-refractivity contribution in [2.24, 2.45) is 5.41 Å². The van der Waals surface area contributed by atoms with E-state index >= 15 is 0 Å². The van der Waals surface area contributed by atoms with Gasteiger partial charge in [0.25, 0.3) is 0 Å². The van der Waals surface area contributed by atoms with Gasteiger partial charge in [0.1, 0.15) is 5.76 Å². The van der Waals surface area contributed by atoms with Gasteiger partial charge in [-0.15, -0.1) is 0 Å². The van der Waals surface area contributed by atoms with E-state index in [0.29, 0.717) is 5.92 Å². The predicted molar refractivity (Wildman–Crippen MR) is 53.6 cm³/mol. The van der Waals surface area contributed by atoms with E-state index in [1.54, 1.807) is 6.20 Å². The Bertz CT molecular complexity index is 233. The van der Waals surface area contributed by atoms with E-state index in [2.05, 4.69) is 32.9 Å². The van der Waals surface area contributed by atoms with Crippen LogP contribution in [0.5, 0.6) is 0 Å². The predicted octanol–water partition coefficient (Wildman–Crippen LogP) is 3.60. The van der Waals surface area contributed by atoms with E-state index in [4.69, 9.17) is 4.52 Å². The third-order valence-corrected chi connectivity index (χ3v) is 2.42. The normalized spacial score (nSPS) is 14.5. The number of rotatable bonds is 3. The maximum absolute atomic E-state index is 5.22. The SMILES string of the molecule is CCCC(c1ccno1)C(C)(C)C. The molecule has 0 aliphatic carbocycles. The van der Waals surface area contributed by atoms with Crippen molar-refractivity contribution in [2.45, 2.75) is 46.5 Å². The summed E-state index contributed by atoms with van der Waals surface area (Å²) in [6.07, 6.45) is 4.07. The minimum absolute atomic E-state index is 0.259. The highest BCUT2D eigenvalue weighted by Gasteiger charge is 2.27. The molecule has 0 aliphatic rings. The van der Waals surface area contributed by atoms with Crippen LogP contribution in [0.4, 0.5) is 0 Å². The molecule has 0 N–H and O–H groups in total. The first kappa shape index (κ1) is 10.3. The van der Waals surface area contributed by atoms with Crippen molar-refractivity contribution in [3.8, 4) is 0 Å². The van der Waals surface area contributed by atoms with Gasteiger partial charge >= 0.3 is 0 Å². The van der Waals surface area contributed by atoms with Gasteiger partial charge in [-0.3, -0.25) is 0 Å². The molecule has 1 rings (SSSR count). The Hall–Kier alpha value is -0.790. The van der Waals surface area contributed by atoms with Gasteiger partial charge in [0.05, 0.1) is 6.20 Å². The van der Waals surface area contributed by atoms with Gasteiger partial charge in [-0.2, -0.15) is 0 Å². The van der Waals surface area contributed by atoms with Crippen LogP contribution in [-0.4, -0.2) is 5.16 Å². The summed E-state index contributed by atoms with van der Waals surface area (Å²) < 4.78 is 5.22. The molecular weight excluding hydrogens is 162 g/mol. The summed E-state index contributed by atoms with van der Waals surface area (Å²) in [5, 5.41) is 3.76. The van der Waals surface area contributed by atoms with Gasteiger partial charge in [0.2, 0.25) is 0 Å². The van der Waals surface area contributed by atoms with Crippen LogP contribution in [0.1, 0.15) is 52.2 Å². The van der Waals surface area contributed by atoms with Crippen molar-refractivity contribution in [1.29, 1.82) is 0 Å². The molecule has 0 radical (unpaired) electrons. The first-order valence-corrected chi connectivity index (χ1v) is 4.96. The van der Waals surface area contributed by atoms with Gasteiger partial charge in [-0.05, 0) is 11.8 Å². The van der Waals surface area contributed by atoms with Crippen molar-refractivity contribution < 1.29 is 4.52 Å². The zero-order valence-corrected chi connectivity index (χ0v) is 9.00. The number of nitrogens with zero attached hydrogens (tertiary/aromatic N) is 1.